The average molecular weight is 378 g/mol. The number of nitrogens with zero attached hydrogens (tertiary/aromatic N) is 2. The molecule has 3 aromatic rings. The second kappa shape index (κ2) is 9.08. The fourth-order valence-electron chi connectivity index (χ4n) is 2.61. The van der Waals surface area contributed by atoms with Gasteiger partial charge in [-0.05, 0) is 18.9 Å². The molecule has 0 amide bonds. The van der Waals surface area contributed by atoms with Gasteiger partial charge in [0.05, 0.1) is 6.42 Å². The highest BCUT2D eigenvalue weighted by atomic mass is 16.5. The lowest BCUT2D eigenvalue weighted by molar-refractivity contribution is -0.142. The predicted octanol–water partition coefficient (Wildman–Crippen LogP) is 3.97. The Balaban J connectivity index is 1.46. The van der Waals surface area contributed by atoms with Gasteiger partial charge in [0.2, 0.25) is 11.7 Å². The quantitative estimate of drug-likeness (QED) is 0.436. The zero-order valence-electron chi connectivity index (χ0n) is 16.0. The summed E-state index contributed by atoms with van der Waals surface area (Å²) in [5.41, 5.74) is 3.68. The Morgan fingerprint density at radius 3 is 2.43 bits per heavy atom. The Labute approximate surface area is 163 Å². The van der Waals surface area contributed by atoms with Crippen molar-refractivity contribution in [1.82, 2.24) is 10.1 Å². The van der Waals surface area contributed by atoms with E-state index < -0.39 is 5.97 Å². The van der Waals surface area contributed by atoms with Gasteiger partial charge >= 0.3 is 5.97 Å². The number of hydrogen-bond acceptors (Lipinski definition) is 6. The standard InChI is InChI=1S/C22H22N2O4/c1-3-16-6-10-17(11-7-16)19(25)14-27-21(26)13-12-20-23-22(24-28-20)18-8-4-15(2)5-9-18/h4-11H,3,12-14H2,1-2H3. The molecular weight excluding hydrogens is 356 g/mol. The minimum atomic E-state index is -0.478. The third-order valence-electron chi connectivity index (χ3n) is 4.37. The Hall–Kier alpha value is -3.28. The molecule has 0 unspecified atom stereocenters. The molecular formula is C22H22N2O4. The molecule has 0 spiro atoms. The van der Waals surface area contributed by atoms with Gasteiger partial charge < -0.3 is 9.26 Å². The fourth-order valence-corrected chi connectivity index (χ4v) is 2.61. The van der Waals surface area contributed by atoms with Crippen LogP contribution < -0.4 is 0 Å². The maximum Gasteiger partial charge on any atom is 0.306 e. The number of ketones is 1. The number of ether oxygens (including phenoxy) is 1. The summed E-state index contributed by atoms with van der Waals surface area (Å²) < 4.78 is 10.2. The molecule has 0 radical (unpaired) electrons. The van der Waals surface area contributed by atoms with Crippen molar-refractivity contribution in [3.63, 3.8) is 0 Å². The molecule has 0 aliphatic heterocycles. The van der Waals surface area contributed by atoms with E-state index >= 15 is 0 Å². The van der Waals surface area contributed by atoms with Crippen LogP contribution in [0, 0.1) is 6.92 Å². The van der Waals surface area contributed by atoms with Gasteiger partial charge in [-0.3, -0.25) is 9.59 Å². The molecule has 1 aromatic heterocycles. The van der Waals surface area contributed by atoms with Gasteiger partial charge in [-0.1, -0.05) is 66.2 Å². The van der Waals surface area contributed by atoms with E-state index in [-0.39, 0.29) is 25.2 Å². The number of rotatable bonds is 8. The molecule has 0 saturated carbocycles. The second-order valence-electron chi connectivity index (χ2n) is 6.51. The van der Waals surface area contributed by atoms with Crippen molar-refractivity contribution in [1.29, 1.82) is 0 Å². The van der Waals surface area contributed by atoms with Gasteiger partial charge in [0, 0.05) is 17.5 Å². The summed E-state index contributed by atoms with van der Waals surface area (Å²) in [7, 11) is 0. The van der Waals surface area contributed by atoms with Crippen LogP contribution in [0.2, 0.25) is 0 Å². The molecule has 144 valence electrons. The molecule has 1 heterocycles. The van der Waals surface area contributed by atoms with Gasteiger partial charge in [0.15, 0.2) is 12.4 Å². The summed E-state index contributed by atoms with van der Waals surface area (Å²) in [5, 5.41) is 3.93. The SMILES string of the molecule is CCc1ccc(C(=O)COC(=O)CCc2nc(-c3ccc(C)cc3)no2)cc1. The number of Topliss-reactive ketones (excluding diaryl/α,β-unsaturated/α-hetero) is 1. The number of aryl methyl sites for hydroxylation is 3. The van der Waals surface area contributed by atoms with E-state index in [9.17, 15) is 9.59 Å². The molecule has 0 saturated heterocycles. The highest BCUT2D eigenvalue weighted by Gasteiger charge is 2.13. The van der Waals surface area contributed by atoms with Crippen LogP contribution in [0.5, 0.6) is 0 Å². The molecule has 0 aliphatic carbocycles. The van der Waals surface area contributed by atoms with E-state index in [0.29, 0.717) is 17.3 Å². The first-order valence-corrected chi connectivity index (χ1v) is 9.22. The average Bonchev–Trinajstić information content (AvgIpc) is 3.20. The highest BCUT2D eigenvalue weighted by molar-refractivity contribution is 5.97. The summed E-state index contributed by atoms with van der Waals surface area (Å²) in [4.78, 5) is 28.3. The van der Waals surface area contributed by atoms with Crippen LogP contribution in [0.15, 0.2) is 53.1 Å². The summed E-state index contributed by atoms with van der Waals surface area (Å²) in [6, 6.07) is 15.1. The Bertz CT molecular complexity index is 943. The fraction of sp³-hybridized carbons (Fsp3) is 0.273. The Morgan fingerprint density at radius 2 is 1.75 bits per heavy atom. The van der Waals surface area contributed by atoms with Gasteiger partial charge in [-0.25, -0.2) is 0 Å². The number of carbonyl (C=O) groups excluding carboxylic acids is 2. The minimum Gasteiger partial charge on any atom is -0.457 e. The maximum absolute atomic E-state index is 12.1. The van der Waals surface area contributed by atoms with Crippen molar-refractivity contribution in [2.75, 3.05) is 6.61 Å². The van der Waals surface area contributed by atoms with Crippen molar-refractivity contribution in [3.8, 4) is 11.4 Å². The highest BCUT2D eigenvalue weighted by Crippen LogP contribution is 2.17. The van der Waals surface area contributed by atoms with Crippen LogP contribution in [0.3, 0.4) is 0 Å². The Kier molecular flexibility index (Phi) is 6.32. The van der Waals surface area contributed by atoms with Gasteiger partial charge in [-0.15, -0.1) is 0 Å². The number of carbonyl (C=O) groups is 2. The van der Waals surface area contributed by atoms with Crippen LogP contribution in [-0.4, -0.2) is 28.5 Å². The van der Waals surface area contributed by atoms with E-state index in [4.69, 9.17) is 9.26 Å². The van der Waals surface area contributed by atoms with Gasteiger partial charge in [0.1, 0.15) is 0 Å². The molecule has 2 aromatic carbocycles. The monoisotopic (exact) mass is 378 g/mol. The molecule has 0 N–H and O–H groups in total. The topological polar surface area (TPSA) is 82.3 Å². The van der Waals surface area contributed by atoms with Crippen molar-refractivity contribution in [2.24, 2.45) is 0 Å². The van der Waals surface area contributed by atoms with Gasteiger partial charge in [-0.2, -0.15) is 4.98 Å². The third kappa shape index (κ3) is 5.13. The zero-order chi connectivity index (χ0) is 19.9. The van der Waals surface area contributed by atoms with Gasteiger partial charge in [0.25, 0.3) is 0 Å². The van der Waals surface area contributed by atoms with E-state index in [0.717, 1.165) is 23.1 Å². The normalized spacial score (nSPS) is 10.6. The lowest BCUT2D eigenvalue weighted by atomic mass is 10.1. The van der Waals surface area contributed by atoms with E-state index in [1.165, 1.54) is 0 Å². The minimum absolute atomic E-state index is 0.0670. The maximum atomic E-state index is 12.1. The van der Waals surface area contributed by atoms with Crippen LogP contribution in [0.1, 0.15) is 40.7 Å². The first-order chi connectivity index (χ1) is 13.5. The van der Waals surface area contributed by atoms with Crippen LogP contribution in [0.4, 0.5) is 0 Å². The smallest absolute Gasteiger partial charge is 0.306 e. The second-order valence-corrected chi connectivity index (χ2v) is 6.51. The number of benzene rings is 2. The number of aromatic nitrogens is 2. The van der Waals surface area contributed by atoms with Crippen molar-refractivity contribution in [3.05, 3.63) is 71.1 Å². The summed E-state index contributed by atoms with van der Waals surface area (Å²) >= 11 is 0. The number of esters is 1. The first-order valence-electron chi connectivity index (χ1n) is 9.22. The molecule has 6 nitrogen and oxygen atoms in total. The van der Waals surface area contributed by atoms with E-state index in [2.05, 4.69) is 10.1 Å². The van der Waals surface area contributed by atoms with Crippen molar-refractivity contribution >= 4 is 11.8 Å². The lowest BCUT2D eigenvalue weighted by Crippen LogP contribution is -2.14. The van der Waals surface area contributed by atoms with Crippen LogP contribution in [-0.2, 0) is 22.4 Å². The molecule has 0 bridgehead atoms. The van der Waals surface area contributed by atoms with Crippen LogP contribution >= 0.6 is 0 Å². The van der Waals surface area contributed by atoms with Crippen molar-refractivity contribution in [2.45, 2.75) is 33.1 Å². The molecule has 0 fully saturated rings. The summed E-state index contributed by atoms with van der Waals surface area (Å²) in [6.07, 6.45) is 1.24. The van der Waals surface area contributed by atoms with E-state index in [1.807, 2.05) is 50.2 Å². The Morgan fingerprint density at radius 1 is 1.04 bits per heavy atom. The largest absolute Gasteiger partial charge is 0.457 e. The van der Waals surface area contributed by atoms with Crippen LogP contribution in [0.25, 0.3) is 11.4 Å². The molecule has 28 heavy (non-hydrogen) atoms. The van der Waals surface area contributed by atoms with E-state index in [1.54, 1.807) is 12.1 Å². The molecule has 0 atom stereocenters. The third-order valence-corrected chi connectivity index (χ3v) is 4.37. The first kappa shape index (κ1) is 19.5. The predicted molar refractivity (Wildman–Crippen MR) is 104 cm³/mol. The van der Waals surface area contributed by atoms with Crippen molar-refractivity contribution < 1.29 is 18.8 Å². The molecule has 3 rings (SSSR count). The zero-order valence-corrected chi connectivity index (χ0v) is 16.0. The summed E-state index contributed by atoms with van der Waals surface area (Å²) in [5.74, 6) is 0.132. The lowest BCUT2D eigenvalue weighted by Gasteiger charge is -2.04. The molecule has 6 heteroatoms. The number of hydrogen-bond donors (Lipinski definition) is 0. The summed E-state index contributed by atoms with van der Waals surface area (Å²) in [6.45, 7) is 3.77. The molecule has 0 aliphatic rings.